The molecular weight excluding hydrogens is 303 g/mol. The van der Waals surface area contributed by atoms with Crippen molar-refractivity contribution in [2.75, 3.05) is 24.5 Å². The van der Waals surface area contributed by atoms with E-state index < -0.39 is 30.3 Å². The van der Waals surface area contributed by atoms with Gasteiger partial charge in [0.15, 0.2) is 11.6 Å². The van der Waals surface area contributed by atoms with Crippen molar-refractivity contribution in [3.05, 3.63) is 29.8 Å². The summed E-state index contributed by atoms with van der Waals surface area (Å²) in [7, 11) is 0. The summed E-state index contributed by atoms with van der Waals surface area (Å²) in [5.74, 6) is -1.58. The zero-order chi connectivity index (χ0) is 16.3. The minimum absolute atomic E-state index is 0.198. The molecule has 1 aliphatic heterocycles. The average molecular weight is 322 g/mol. The molecule has 124 valence electrons. The third-order valence-electron chi connectivity index (χ3n) is 3.85. The van der Waals surface area contributed by atoms with Crippen molar-refractivity contribution in [1.29, 1.82) is 0 Å². The Morgan fingerprint density at radius 2 is 2.00 bits per heavy atom. The highest BCUT2D eigenvalue weighted by Gasteiger charge is 2.30. The van der Waals surface area contributed by atoms with E-state index in [-0.39, 0.29) is 5.92 Å². The topological polar surface area (TPSA) is 15.3 Å². The van der Waals surface area contributed by atoms with Crippen molar-refractivity contribution >= 4 is 5.69 Å². The molecule has 1 aromatic carbocycles. The van der Waals surface area contributed by atoms with Gasteiger partial charge in [-0.25, -0.2) is 8.78 Å². The first-order valence-corrected chi connectivity index (χ1v) is 7.25. The van der Waals surface area contributed by atoms with Crippen molar-refractivity contribution < 1.29 is 22.0 Å². The predicted molar refractivity (Wildman–Crippen MR) is 74.8 cm³/mol. The van der Waals surface area contributed by atoms with Gasteiger partial charge >= 0.3 is 6.18 Å². The average Bonchev–Trinajstić information content (AvgIpc) is 2.86. The fourth-order valence-corrected chi connectivity index (χ4v) is 2.70. The number of hydrogen-bond acceptors (Lipinski definition) is 2. The van der Waals surface area contributed by atoms with Crippen LogP contribution in [-0.4, -0.2) is 31.9 Å². The van der Waals surface area contributed by atoms with E-state index in [9.17, 15) is 22.0 Å². The molecule has 1 fully saturated rings. The molecule has 0 amide bonds. The fraction of sp³-hybridized carbons (Fsp3) is 0.600. The van der Waals surface area contributed by atoms with Gasteiger partial charge in [0.25, 0.3) is 0 Å². The lowest BCUT2D eigenvalue weighted by Gasteiger charge is -2.20. The second-order valence-electron chi connectivity index (χ2n) is 5.83. The molecule has 1 aromatic rings. The Morgan fingerprint density at radius 3 is 2.64 bits per heavy atom. The molecule has 2 atom stereocenters. The van der Waals surface area contributed by atoms with Crippen molar-refractivity contribution in [2.24, 2.45) is 5.92 Å². The van der Waals surface area contributed by atoms with Crippen molar-refractivity contribution in [2.45, 2.75) is 32.0 Å². The summed E-state index contributed by atoms with van der Waals surface area (Å²) < 4.78 is 62.9. The van der Waals surface area contributed by atoms with E-state index >= 15 is 0 Å². The third kappa shape index (κ3) is 4.83. The van der Waals surface area contributed by atoms with Gasteiger partial charge in [-0.05, 0) is 37.9 Å². The van der Waals surface area contributed by atoms with Crippen LogP contribution in [0.5, 0.6) is 0 Å². The van der Waals surface area contributed by atoms with Gasteiger partial charge in [-0.3, -0.25) is 0 Å². The van der Waals surface area contributed by atoms with Crippen LogP contribution in [0.15, 0.2) is 18.2 Å². The van der Waals surface area contributed by atoms with Crippen LogP contribution in [0.25, 0.3) is 0 Å². The molecule has 0 unspecified atom stereocenters. The molecule has 1 aliphatic rings. The number of nitrogens with zero attached hydrogens (tertiary/aromatic N) is 1. The van der Waals surface area contributed by atoms with Gasteiger partial charge in [0, 0.05) is 30.9 Å². The number of halogens is 5. The summed E-state index contributed by atoms with van der Waals surface area (Å²) in [6.07, 6.45) is -4.21. The number of anilines is 1. The van der Waals surface area contributed by atoms with E-state index in [1.807, 2.05) is 4.90 Å². The SMILES string of the molecule is C[C@@H](CC(F)(F)F)NC[C@H]1CCN(c2ccc(F)c(F)c2)C1. The molecule has 2 nitrogen and oxygen atoms in total. The van der Waals surface area contributed by atoms with Crippen LogP contribution in [0.3, 0.4) is 0 Å². The van der Waals surface area contributed by atoms with Gasteiger partial charge in [0.2, 0.25) is 0 Å². The van der Waals surface area contributed by atoms with E-state index in [0.717, 1.165) is 18.6 Å². The lowest BCUT2D eigenvalue weighted by Crippen LogP contribution is -2.35. The molecule has 0 spiro atoms. The normalized spacial score (nSPS) is 20.5. The van der Waals surface area contributed by atoms with Gasteiger partial charge < -0.3 is 10.2 Å². The highest BCUT2D eigenvalue weighted by molar-refractivity contribution is 5.47. The van der Waals surface area contributed by atoms with Crippen LogP contribution in [0, 0.1) is 17.6 Å². The maximum atomic E-state index is 13.2. The maximum absolute atomic E-state index is 13.2. The summed E-state index contributed by atoms with van der Waals surface area (Å²) in [5.41, 5.74) is 0.602. The molecule has 0 radical (unpaired) electrons. The predicted octanol–water partition coefficient (Wildman–Crippen LogP) is 3.72. The molecular formula is C15H19F5N2. The van der Waals surface area contributed by atoms with E-state index in [1.54, 1.807) is 0 Å². The summed E-state index contributed by atoms with van der Waals surface area (Å²) in [6.45, 7) is 3.30. The van der Waals surface area contributed by atoms with Gasteiger partial charge in [-0.1, -0.05) is 0 Å². The molecule has 0 bridgehead atoms. The Hall–Kier alpha value is -1.37. The van der Waals surface area contributed by atoms with Crippen molar-refractivity contribution in [3.8, 4) is 0 Å². The second-order valence-corrected chi connectivity index (χ2v) is 5.83. The van der Waals surface area contributed by atoms with Crippen molar-refractivity contribution in [3.63, 3.8) is 0 Å². The molecule has 0 saturated carbocycles. The Labute approximate surface area is 126 Å². The number of benzene rings is 1. The number of rotatable bonds is 5. The Morgan fingerprint density at radius 1 is 1.27 bits per heavy atom. The highest BCUT2D eigenvalue weighted by atomic mass is 19.4. The van der Waals surface area contributed by atoms with E-state index in [4.69, 9.17) is 0 Å². The quantitative estimate of drug-likeness (QED) is 0.831. The zero-order valence-corrected chi connectivity index (χ0v) is 12.3. The maximum Gasteiger partial charge on any atom is 0.390 e. The summed E-state index contributed by atoms with van der Waals surface area (Å²) >= 11 is 0. The Balaban J connectivity index is 1.81. The van der Waals surface area contributed by atoms with Gasteiger partial charge in [-0.2, -0.15) is 13.2 Å². The van der Waals surface area contributed by atoms with Crippen LogP contribution < -0.4 is 10.2 Å². The molecule has 2 rings (SSSR count). The minimum atomic E-state index is -4.17. The highest BCUT2D eigenvalue weighted by Crippen LogP contribution is 2.26. The number of hydrogen-bond donors (Lipinski definition) is 1. The van der Waals surface area contributed by atoms with Crippen molar-refractivity contribution in [1.82, 2.24) is 5.32 Å². The van der Waals surface area contributed by atoms with Crippen LogP contribution in [-0.2, 0) is 0 Å². The molecule has 0 aliphatic carbocycles. The van der Waals surface area contributed by atoms with Gasteiger partial charge in [0.1, 0.15) is 0 Å². The first-order valence-electron chi connectivity index (χ1n) is 7.25. The third-order valence-corrected chi connectivity index (χ3v) is 3.85. The number of alkyl halides is 3. The summed E-state index contributed by atoms with van der Waals surface area (Å²) in [4.78, 5) is 1.92. The minimum Gasteiger partial charge on any atom is -0.371 e. The van der Waals surface area contributed by atoms with E-state index in [1.165, 1.54) is 13.0 Å². The van der Waals surface area contributed by atoms with Gasteiger partial charge in [0.05, 0.1) is 6.42 Å². The monoisotopic (exact) mass is 322 g/mol. The smallest absolute Gasteiger partial charge is 0.371 e. The molecule has 1 saturated heterocycles. The molecule has 1 N–H and O–H groups in total. The lowest BCUT2D eigenvalue weighted by atomic mass is 10.1. The first kappa shape index (κ1) is 17.0. The van der Waals surface area contributed by atoms with E-state index in [0.29, 0.717) is 25.3 Å². The second kappa shape index (κ2) is 6.81. The van der Waals surface area contributed by atoms with E-state index in [2.05, 4.69) is 5.32 Å². The van der Waals surface area contributed by atoms with Crippen LogP contribution in [0.2, 0.25) is 0 Å². The Kier molecular flexibility index (Phi) is 5.26. The summed E-state index contributed by atoms with van der Waals surface area (Å²) in [6, 6.07) is 3.12. The number of nitrogens with one attached hydrogen (secondary N) is 1. The largest absolute Gasteiger partial charge is 0.390 e. The van der Waals surface area contributed by atoms with Crippen LogP contribution in [0.4, 0.5) is 27.6 Å². The van der Waals surface area contributed by atoms with Gasteiger partial charge in [-0.15, -0.1) is 0 Å². The molecule has 0 aromatic heterocycles. The zero-order valence-electron chi connectivity index (χ0n) is 12.3. The first-order chi connectivity index (χ1) is 10.2. The molecule has 22 heavy (non-hydrogen) atoms. The standard InChI is InChI=1S/C15H19F5N2/c1-10(7-15(18,19)20)21-8-11-4-5-22(9-11)12-2-3-13(16)14(17)6-12/h2-3,6,10-11,21H,4-5,7-9H2,1H3/t10-,11+/m0/s1. The fourth-order valence-electron chi connectivity index (χ4n) is 2.70. The Bertz CT molecular complexity index is 503. The molecule has 1 heterocycles. The van der Waals surface area contributed by atoms with Crippen LogP contribution in [0.1, 0.15) is 19.8 Å². The summed E-state index contributed by atoms with van der Waals surface area (Å²) in [5, 5.41) is 2.89. The van der Waals surface area contributed by atoms with Crippen LogP contribution >= 0.6 is 0 Å². The molecule has 7 heteroatoms. The lowest BCUT2D eigenvalue weighted by molar-refractivity contribution is -0.139.